The molecule has 2 saturated carbocycles. The summed E-state index contributed by atoms with van der Waals surface area (Å²) in [4.78, 5) is 26.5. The largest absolute Gasteiger partial charge is 0.490 e. The Morgan fingerprint density at radius 3 is 2.42 bits per heavy atom. The normalized spacial score (nSPS) is 28.7. The molecule has 192 valence electrons. The summed E-state index contributed by atoms with van der Waals surface area (Å²) >= 11 is 3.63. The number of ether oxygens (including phenoxy) is 2. The highest BCUT2D eigenvalue weighted by molar-refractivity contribution is 9.10. The minimum Gasteiger partial charge on any atom is -0.490 e. The molecule has 1 aliphatic heterocycles. The Bertz CT molecular complexity index is 1490. The van der Waals surface area contributed by atoms with Gasteiger partial charge in [0.05, 0.1) is 29.1 Å². The number of carbonyl (C=O) groups is 2. The first-order chi connectivity index (χ1) is 18.5. The van der Waals surface area contributed by atoms with E-state index < -0.39 is 0 Å². The Morgan fingerprint density at radius 1 is 0.974 bits per heavy atom. The fraction of sp³-hybridized carbons (Fsp3) is 0.323. The number of imide groups is 1. The van der Waals surface area contributed by atoms with Crippen LogP contribution in [0.3, 0.4) is 0 Å². The first-order valence-corrected chi connectivity index (χ1v) is 14.0. The van der Waals surface area contributed by atoms with Crippen LogP contribution in [0.4, 0.5) is 0 Å². The molecule has 5 aliphatic rings. The molecule has 1 saturated heterocycles. The lowest BCUT2D eigenvalue weighted by molar-refractivity contribution is -0.140. The molecule has 6 nitrogen and oxygen atoms in total. The molecule has 3 aromatic carbocycles. The van der Waals surface area contributed by atoms with E-state index in [0.29, 0.717) is 46.6 Å². The van der Waals surface area contributed by atoms with Crippen LogP contribution in [0.25, 0.3) is 10.8 Å². The number of nitrogens with zero attached hydrogens (tertiary/aromatic N) is 2. The molecule has 8 rings (SSSR count). The van der Waals surface area contributed by atoms with E-state index in [-0.39, 0.29) is 35.5 Å². The van der Waals surface area contributed by atoms with Crippen LogP contribution in [0.1, 0.15) is 24.5 Å². The summed E-state index contributed by atoms with van der Waals surface area (Å²) < 4.78 is 12.9. The third kappa shape index (κ3) is 3.70. The molecule has 2 amide bonds. The highest BCUT2D eigenvalue weighted by Gasteiger charge is 2.67. The third-order valence-corrected chi connectivity index (χ3v) is 9.13. The van der Waals surface area contributed by atoms with Gasteiger partial charge in [0, 0.05) is 0 Å². The summed E-state index contributed by atoms with van der Waals surface area (Å²) in [5.41, 5.74) is 1.79. The zero-order chi connectivity index (χ0) is 26.0. The van der Waals surface area contributed by atoms with Crippen molar-refractivity contribution < 1.29 is 19.1 Å². The standard InChI is InChI=1S/C31H27BrN2O4/c1-2-37-26-13-17(12-25(32)29(26)38-16-19-8-5-7-18-6-3-4-9-20(18)19)15-33-34-30(35)27-21-10-11-22(24-14-23(21)24)28(27)31(34)36/h3-13,15,21-24,27-28H,2,14,16H2,1H3/t21-,22-,23-,24-,27-,28+/m0/s1. The van der Waals surface area contributed by atoms with Crippen LogP contribution in [0.5, 0.6) is 11.5 Å². The molecule has 6 atom stereocenters. The van der Waals surface area contributed by atoms with Crippen LogP contribution in [0, 0.1) is 35.5 Å². The van der Waals surface area contributed by atoms with Crippen molar-refractivity contribution in [3.63, 3.8) is 0 Å². The predicted molar refractivity (Wildman–Crippen MR) is 148 cm³/mol. The van der Waals surface area contributed by atoms with E-state index in [1.807, 2.05) is 37.3 Å². The van der Waals surface area contributed by atoms with Crippen molar-refractivity contribution in [2.45, 2.75) is 20.0 Å². The molecule has 1 heterocycles. The summed E-state index contributed by atoms with van der Waals surface area (Å²) in [6.07, 6.45) is 7.04. The average molecular weight is 571 g/mol. The van der Waals surface area contributed by atoms with Gasteiger partial charge in [0.15, 0.2) is 11.5 Å². The van der Waals surface area contributed by atoms with Gasteiger partial charge < -0.3 is 9.47 Å². The van der Waals surface area contributed by atoms with E-state index >= 15 is 0 Å². The SMILES string of the molecule is CCOc1cc(C=NN2C(=O)[C@@H]3[C@H]4C=C[C@@H]([C@@H]5C[C@@H]45)[C@@H]3C2=O)cc(Br)c1OCc1cccc2ccccc12. The second-order valence-corrected chi connectivity index (χ2v) is 11.4. The van der Waals surface area contributed by atoms with Crippen LogP contribution >= 0.6 is 15.9 Å². The monoisotopic (exact) mass is 570 g/mol. The van der Waals surface area contributed by atoms with Gasteiger partial charge in [0.2, 0.25) is 0 Å². The molecule has 7 heteroatoms. The van der Waals surface area contributed by atoms with Gasteiger partial charge in [0.25, 0.3) is 11.8 Å². The number of allylic oxidation sites excluding steroid dienone is 2. The highest BCUT2D eigenvalue weighted by Crippen LogP contribution is 2.65. The molecule has 0 spiro atoms. The van der Waals surface area contributed by atoms with E-state index in [1.165, 1.54) is 0 Å². The summed E-state index contributed by atoms with van der Waals surface area (Å²) in [7, 11) is 0. The Morgan fingerprint density at radius 2 is 1.68 bits per heavy atom. The van der Waals surface area contributed by atoms with E-state index in [1.54, 1.807) is 6.21 Å². The van der Waals surface area contributed by atoms with Crippen LogP contribution in [-0.2, 0) is 16.2 Å². The maximum absolute atomic E-state index is 13.2. The number of fused-ring (bicyclic) bond motifs is 1. The molecule has 3 aromatic rings. The molecule has 38 heavy (non-hydrogen) atoms. The van der Waals surface area contributed by atoms with E-state index in [4.69, 9.17) is 9.47 Å². The second kappa shape index (κ2) is 9.09. The number of hydrogen-bond donors (Lipinski definition) is 0. The number of hydrazone groups is 1. The average Bonchev–Trinajstić information content (AvgIpc) is 3.71. The summed E-state index contributed by atoms with van der Waals surface area (Å²) in [5, 5.41) is 7.79. The number of halogens is 1. The van der Waals surface area contributed by atoms with Gasteiger partial charge in [-0.15, -0.1) is 0 Å². The van der Waals surface area contributed by atoms with Crippen LogP contribution in [0.15, 0.2) is 76.3 Å². The lowest BCUT2D eigenvalue weighted by atomic mass is 9.63. The Hall–Kier alpha value is -3.45. The van der Waals surface area contributed by atoms with Crippen LogP contribution < -0.4 is 9.47 Å². The van der Waals surface area contributed by atoms with Crippen molar-refractivity contribution in [3.8, 4) is 11.5 Å². The van der Waals surface area contributed by atoms with Gasteiger partial charge >= 0.3 is 0 Å². The maximum Gasteiger partial charge on any atom is 0.254 e. The van der Waals surface area contributed by atoms with Gasteiger partial charge in [-0.25, -0.2) is 0 Å². The Labute approximate surface area is 229 Å². The maximum atomic E-state index is 13.2. The summed E-state index contributed by atoms with van der Waals surface area (Å²) in [6.45, 7) is 2.76. The van der Waals surface area contributed by atoms with Crippen molar-refractivity contribution >= 4 is 44.7 Å². The zero-order valence-electron chi connectivity index (χ0n) is 20.9. The number of amides is 2. The van der Waals surface area contributed by atoms with Crippen molar-refractivity contribution in [2.24, 2.45) is 40.6 Å². The minimum absolute atomic E-state index is 0.167. The number of rotatable bonds is 7. The lowest BCUT2D eigenvalue weighted by Gasteiger charge is -2.37. The fourth-order valence-electron chi connectivity index (χ4n) is 6.81. The fourth-order valence-corrected chi connectivity index (χ4v) is 7.39. The van der Waals surface area contributed by atoms with Crippen molar-refractivity contribution in [1.82, 2.24) is 5.01 Å². The van der Waals surface area contributed by atoms with Gasteiger partial charge in [-0.1, -0.05) is 54.6 Å². The second-order valence-electron chi connectivity index (χ2n) is 10.6. The van der Waals surface area contributed by atoms with E-state index in [9.17, 15) is 9.59 Å². The topological polar surface area (TPSA) is 68.2 Å². The van der Waals surface area contributed by atoms with Gasteiger partial charge in [-0.05, 0) is 87.0 Å². The van der Waals surface area contributed by atoms with Gasteiger partial charge in [-0.3, -0.25) is 9.59 Å². The van der Waals surface area contributed by atoms with E-state index in [0.717, 1.165) is 27.8 Å². The zero-order valence-corrected chi connectivity index (χ0v) is 22.5. The minimum atomic E-state index is -0.256. The third-order valence-electron chi connectivity index (χ3n) is 8.55. The van der Waals surface area contributed by atoms with Gasteiger partial charge in [0.1, 0.15) is 6.61 Å². The molecule has 0 aromatic heterocycles. The lowest BCUT2D eigenvalue weighted by Crippen LogP contribution is -2.40. The molecule has 0 N–H and O–H groups in total. The van der Waals surface area contributed by atoms with Gasteiger partial charge in [-0.2, -0.15) is 10.1 Å². The number of hydrogen-bond acceptors (Lipinski definition) is 5. The van der Waals surface area contributed by atoms with Crippen molar-refractivity contribution in [3.05, 3.63) is 82.3 Å². The molecule has 0 radical (unpaired) electrons. The highest BCUT2D eigenvalue weighted by atomic mass is 79.9. The van der Waals surface area contributed by atoms with Crippen LogP contribution in [0.2, 0.25) is 0 Å². The molecular formula is C31H27BrN2O4. The smallest absolute Gasteiger partial charge is 0.254 e. The quantitative estimate of drug-likeness (QED) is 0.199. The Balaban J connectivity index is 1.13. The first-order valence-electron chi connectivity index (χ1n) is 13.2. The summed E-state index contributed by atoms with van der Waals surface area (Å²) in [5.74, 6) is 1.82. The van der Waals surface area contributed by atoms with E-state index in [2.05, 4.69) is 57.4 Å². The van der Waals surface area contributed by atoms with Crippen LogP contribution in [-0.4, -0.2) is 29.6 Å². The molecule has 4 aliphatic carbocycles. The number of carbonyl (C=O) groups excluding carboxylic acids is 2. The number of benzene rings is 3. The summed E-state index contributed by atoms with van der Waals surface area (Å²) in [6, 6.07) is 18.1. The Kier molecular flexibility index (Phi) is 5.65. The predicted octanol–water partition coefficient (Wildman–Crippen LogP) is 5.97. The first kappa shape index (κ1) is 23.7. The molecular weight excluding hydrogens is 544 g/mol. The molecule has 3 fully saturated rings. The van der Waals surface area contributed by atoms with Crippen molar-refractivity contribution in [2.75, 3.05) is 6.61 Å². The molecule has 2 bridgehead atoms. The molecule has 0 unspecified atom stereocenters. The van der Waals surface area contributed by atoms with Crippen molar-refractivity contribution in [1.29, 1.82) is 0 Å².